The highest BCUT2D eigenvalue weighted by Gasteiger charge is 2.29. The molecule has 21 heavy (non-hydrogen) atoms. The summed E-state index contributed by atoms with van der Waals surface area (Å²) in [7, 11) is 0. The number of Topliss-reactive ketones (excluding diaryl/α,β-unsaturated/α-hetero) is 1. The maximum absolute atomic E-state index is 12.5. The minimum absolute atomic E-state index is 0.166. The molecule has 0 aliphatic carbocycles. The number of benzene rings is 1. The molecule has 1 saturated heterocycles. The van der Waals surface area contributed by atoms with Crippen LogP contribution in [-0.4, -0.2) is 36.9 Å². The first-order valence-electron chi connectivity index (χ1n) is 8.05. The molecule has 1 aliphatic heterocycles. The lowest BCUT2D eigenvalue weighted by Crippen LogP contribution is -2.41. The van der Waals surface area contributed by atoms with Crippen molar-refractivity contribution >= 4 is 5.78 Å². The Labute approximate surface area is 128 Å². The number of carbonyl (C=O) groups is 1. The van der Waals surface area contributed by atoms with Crippen molar-refractivity contribution in [2.45, 2.75) is 40.0 Å². The zero-order valence-electron chi connectivity index (χ0n) is 13.5. The van der Waals surface area contributed by atoms with Gasteiger partial charge in [0.05, 0.1) is 18.7 Å². The Balaban J connectivity index is 1.97. The molecule has 2 rings (SSSR count). The van der Waals surface area contributed by atoms with Crippen LogP contribution in [0.1, 0.15) is 50.4 Å². The summed E-state index contributed by atoms with van der Waals surface area (Å²) < 4.78 is 5.56. The van der Waals surface area contributed by atoms with Gasteiger partial charge in [0.1, 0.15) is 5.75 Å². The Morgan fingerprint density at radius 2 is 1.90 bits per heavy atom. The summed E-state index contributed by atoms with van der Waals surface area (Å²) in [6.07, 6.45) is 3.59. The van der Waals surface area contributed by atoms with Crippen LogP contribution < -0.4 is 4.74 Å². The molecule has 1 aliphatic rings. The molecular formula is C18H27NO2. The molecule has 116 valence electrons. The van der Waals surface area contributed by atoms with Crippen LogP contribution in [0.2, 0.25) is 0 Å². The van der Waals surface area contributed by atoms with Crippen LogP contribution in [-0.2, 0) is 0 Å². The monoisotopic (exact) mass is 289 g/mol. The van der Waals surface area contributed by atoms with Gasteiger partial charge in [-0.25, -0.2) is 0 Å². The molecule has 0 saturated carbocycles. The van der Waals surface area contributed by atoms with Crippen LogP contribution in [0.4, 0.5) is 0 Å². The Morgan fingerprint density at radius 1 is 1.24 bits per heavy atom. The van der Waals surface area contributed by atoms with E-state index in [0.29, 0.717) is 29.9 Å². The number of hydrogen-bond acceptors (Lipinski definition) is 3. The maximum Gasteiger partial charge on any atom is 0.180 e. The molecule has 3 nitrogen and oxygen atoms in total. The van der Waals surface area contributed by atoms with Crippen molar-refractivity contribution in [1.29, 1.82) is 0 Å². The van der Waals surface area contributed by atoms with E-state index < -0.39 is 0 Å². The van der Waals surface area contributed by atoms with E-state index in [1.54, 1.807) is 0 Å². The van der Waals surface area contributed by atoms with Crippen molar-refractivity contribution in [3.63, 3.8) is 0 Å². The fourth-order valence-corrected chi connectivity index (χ4v) is 2.87. The van der Waals surface area contributed by atoms with Crippen molar-refractivity contribution in [1.82, 2.24) is 4.90 Å². The summed E-state index contributed by atoms with van der Waals surface area (Å²) in [5.74, 6) is 0.875. The number of hydrogen-bond donors (Lipinski definition) is 0. The zero-order valence-corrected chi connectivity index (χ0v) is 13.5. The topological polar surface area (TPSA) is 29.5 Å². The number of rotatable bonds is 6. The van der Waals surface area contributed by atoms with Gasteiger partial charge < -0.3 is 4.74 Å². The first-order valence-corrected chi connectivity index (χ1v) is 8.05. The average Bonchev–Trinajstić information content (AvgIpc) is 2.50. The van der Waals surface area contributed by atoms with E-state index in [2.05, 4.69) is 18.7 Å². The number of carbonyl (C=O) groups excluding carboxylic acids is 1. The number of nitrogens with zero attached hydrogens (tertiary/aromatic N) is 1. The number of likely N-dealkylation sites (tertiary alicyclic amines) is 1. The zero-order chi connectivity index (χ0) is 15.3. The van der Waals surface area contributed by atoms with Gasteiger partial charge >= 0.3 is 0 Å². The molecule has 1 fully saturated rings. The molecule has 3 heteroatoms. The molecule has 1 heterocycles. The Kier molecular flexibility index (Phi) is 5.40. The van der Waals surface area contributed by atoms with Gasteiger partial charge in [-0.15, -0.1) is 0 Å². The molecule has 0 spiro atoms. The summed E-state index contributed by atoms with van der Waals surface area (Å²) in [4.78, 5) is 14.8. The van der Waals surface area contributed by atoms with Gasteiger partial charge in [-0.05, 0) is 50.4 Å². The van der Waals surface area contributed by atoms with E-state index >= 15 is 0 Å². The predicted molar refractivity (Wildman–Crippen MR) is 86.0 cm³/mol. The second kappa shape index (κ2) is 7.08. The van der Waals surface area contributed by atoms with Crippen LogP contribution >= 0.6 is 0 Å². The largest absolute Gasteiger partial charge is 0.493 e. The highest BCUT2D eigenvalue weighted by molar-refractivity contribution is 6.00. The van der Waals surface area contributed by atoms with Crippen molar-refractivity contribution in [2.24, 2.45) is 5.41 Å². The lowest BCUT2D eigenvalue weighted by molar-refractivity contribution is 0.0810. The van der Waals surface area contributed by atoms with E-state index in [9.17, 15) is 4.79 Å². The highest BCUT2D eigenvalue weighted by Crippen LogP contribution is 2.34. The SMILES string of the molecule is CCOc1ccccc1C(=O)CN1CCC(C)(CC)CC1. The van der Waals surface area contributed by atoms with Crippen molar-refractivity contribution in [2.75, 3.05) is 26.2 Å². The lowest BCUT2D eigenvalue weighted by Gasteiger charge is -2.38. The smallest absolute Gasteiger partial charge is 0.180 e. The summed E-state index contributed by atoms with van der Waals surface area (Å²) in [5.41, 5.74) is 1.17. The van der Waals surface area contributed by atoms with Crippen molar-refractivity contribution in [3.05, 3.63) is 29.8 Å². The first kappa shape index (κ1) is 16.0. The lowest BCUT2D eigenvalue weighted by atomic mass is 9.78. The first-order chi connectivity index (χ1) is 10.1. The number of ketones is 1. The molecule has 1 aromatic rings. The molecule has 1 aromatic carbocycles. The number of piperidine rings is 1. The molecule has 0 radical (unpaired) electrons. The predicted octanol–water partition coefficient (Wildman–Crippen LogP) is 3.78. The van der Waals surface area contributed by atoms with E-state index in [0.717, 1.165) is 13.1 Å². The molecular weight excluding hydrogens is 262 g/mol. The third-order valence-corrected chi connectivity index (χ3v) is 4.77. The quantitative estimate of drug-likeness (QED) is 0.746. The van der Waals surface area contributed by atoms with E-state index in [4.69, 9.17) is 4.74 Å². The van der Waals surface area contributed by atoms with Crippen LogP contribution in [0.25, 0.3) is 0 Å². The molecule has 0 bridgehead atoms. The van der Waals surface area contributed by atoms with Gasteiger partial charge in [-0.3, -0.25) is 9.69 Å². The van der Waals surface area contributed by atoms with E-state index in [1.807, 2.05) is 31.2 Å². The van der Waals surface area contributed by atoms with Gasteiger partial charge in [-0.1, -0.05) is 32.4 Å². The minimum atomic E-state index is 0.166. The highest BCUT2D eigenvalue weighted by atomic mass is 16.5. The fraction of sp³-hybridized carbons (Fsp3) is 0.611. The van der Waals surface area contributed by atoms with Gasteiger partial charge in [0, 0.05) is 0 Å². The molecule has 0 unspecified atom stereocenters. The summed E-state index contributed by atoms with van der Waals surface area (Å²) >= 11 is 0. The van der Waals surface area contributed by atoms with Gasteiger partial charge in [-0.2, -0.15) is 0 Å². The van der Waals surface area contributed by atoms with Crippen molar-refractivity contribution < 1.29 is 9.53 Å². The normalized spacial score (nSPS) is 18.4. The number of para-hydroxylation sites is 1. The average molecular weight is 289 g/mol. The minimum Gasteiger partial charge on any atom is -0.493 e. The van der Waals surface area contributed by atoms with Crippen LogP contribution in [0.15, 0.2) is 24.3 Å². The van der Waals surface area contributed by atoms with Crippen LogP contribution in [0, 0.1) is 5.41 Å². The summed E-state index contributed by atoms with van der Waals surface area (Å²) in [5, 5.41) is 0. The fourth-order valence-electron chi connectivity index (χ4n) is 2.87. The van der Waals surface area contributed by atoms with E-state index in [1.165, 1.54) is 19.3 Å². The van der Waals surface area contributed by atoms with Gasteiger partial charge in [0.15, 0.2) is 5.78 Å². The maximum atomic E-state index is 12.5. The molecule has 0 atom stereocenters. The van der Waals surface area contributed by atoms with Crippen LogP contribution in [0.5, 0.6) is 5.75 Å². The number of ether oxygens (including phenoxy) is 1. The van der Waals surface area contributed by atoms with Crippen molar-refractivity contribution in [3.8, 4) is 5.75 Å². The standard InChI is InChI=1S/C18H27NO2/c1-4-18(3)10-12-19(13-11-18)14-16(20)15-8-6-7-9-17(15)21-5-2/h6-9H,4-5,10-14H2,1-3H3. The summed E-state index contributed by atoms with van der Waals surface area (Å²) in [6, 6.07) is 7.56. The van der Waals surface area contributed by atoms with Crippen LogP contribution in [0.3, 0.4) is 0 Å². The Hall–Kier alpha value is -1.35. The van der Waals surface area contributed by atoms with Gasteiger partial charge in [0.2, 0.25) is 0 Å². The molecule has 0 N–H and O–H groups in total. The third kappa shape index (κ3) is 4.07. The molecule has 0 aromatic heterocycles. The van der Waals surface area contributed by atoms with Gasteiger partial charge in [0.25, 0.3) is 0 Å². The second-order valence-corrected chi connectivity index (χ2v) is 6.29. The van der Waals surface area contributed by atoms with E-state index in [-0.39, 0.29) is 5.78 Å². The summed E-state index contributed by atoms with van der Waals surface area (Å²) in [6.45, 7) is 9.69. The Morgan fingerprint density at radius 3 is 2.52 bits per heavy atom. The molecule has 0 amide bonds. The second-order valence-electron chi connectivity index (χ2n) is 6.29. The third-order valence-electron chi connectivity index (χ3n) is 4.77. The Bertz CT molecular complexity index is 476.